The lowest BCUT2D eigenvalue weighted by Gasteiger charge is -2.36. The maximum Gasteiger partial charge on any atom is 0.407 e. The van der Waals surface area contributed by atoms with Crippen LogP contribution in [0.3, 0.4) is 0 Å². The van der Waals surface area contributed by atoms with Crippen LogP contribution >= 0.6 is 0 Å². The molecular formula is C24H24N2O5. The molecule has 2 aromatic rings. The molecule has 1 saturated heterocycles. The Morgan fingerprint density at radius 3 is 2.23 bits per heavy atom. The van der Waals surface area contributed by atoms with Crippen LogP contribution in [0.5, 0.6) is 0 Å². The number of carboxylic acid groups (broad SMARTS) is 1. The average molecular weight is 420 g/mol. The van der Waals surface area contributed by atoms with Crippen LogP contribution in [0.4, 0.5) is 4.79 Å². The molecule has 160 valence electrons. The number of benzene rings is 2. The average Bonchev–Trinajstić information content (AvgIpc) is 3.04. The molecule has 7 nitrogen and oxygen atoms in total. The Bertz CT molecular complexity index is 1010. The molecule has 1 heterocycles. The second-order valence-corrected chi connectivity index (χ2v) is 7.84. The number of ether oxygens (including phenoxy) is 1. The van der Waals surface area contributed by atoms with E-state index in [4.69, 9.17) is 9.84 Å². The summed E-state index contributed by atoms with van der Waals surface area (Å²) in [5, 5.41) is 11.5. The molecule has 31 heavy (non-hydrogen) atoms. The lowest BCUT2D eigenvalue weighted by molar-refractivity contribution is -0.151. The van der Waals surface area contributed by atoms with Crippen molar-refractivity contribution in [1.29, 1.82) is 0 Å². The number of hydrogen-bond acceptors (Lipinski definition) is 4. The van der Waals surface area contributed by atoms with Crippen molar-refractivity contribution in [2.24, 2.45) is 5.92 Å². The van der Waals surface area contributed by atoms with Gasteiger partial charge in [-0.1, -0.05) is 54.6 Å². The summed E-state index contributed by atoms with van der Waals surface area (Å²) in [6, 6.07) is 16.3. The van der Waals surface area contributed by atoms with E-state index in [9.17, 15) is 14.4 Å². The molecule has 1 aliphatic carbocycles. The molecule has 0 saturated carbocycles. The number of carbonyl (C=O) groups excluding carboxylic acids is 2. The van der Waals surface area contributed by atoms with Gasteiger partial charge in [0.05, 0.1) is 5.92 Å². The number of nitrogens with zero attached hydrogens (tertiary/aromatic N) is 1. The van der Waals surface area contributed by atoms with Crippen LogP contribution in [0.2, 0.25) is 0 Å². The van der Waals surface area contributed by atoms with Gasteiger partial charge in [-0.25, -0.2) is 4.79 Å². The van der Waals surface area contributed by atoms with Crippen LogP contribution in [-0.2, 0) is 14.3 Å². The number of amides is 2. The number of aliphatic carboxylic acids is 1. The Morgan fingerprint density at radius 1 is 1.06 bits per heavy atom. The third-order valence-corrected chi connectivity index (χ3v) is 5.85. The van der Waals surface area contributed by atoms with Crippen LogP contribution < -0.4 is 5.32 Å². The molecule has 0 spiro atoms. The first-order valence-electron chi connectivity index (χ1n) is 10.2. The first-order chi connectivity index (χ1) is 15.0. The maximum absolute atomic E-state index is 12.2. The summed E-state index contributed by atoms with van der Waals surface area (Å²) in [5.74, 6) is -1.60. The van der Waals surface area contributed by atoms with E-state index >= 15 is 0 Å². The van der Waals surface area contributed by atoms with E-state index in [1.54, 1.807) is 13.0 Å². The fourth-order valence-corrected chi connectivity index (χ4v) is 4.07. The van der Waals surface area contributed by atoms with E-state index in [0.29, 0.717) is 5.57 Å². The summed E-state index contributed by atoms with van der Waals surface area (Å²) in [5.41, 5.74) is 5.09. The molecule has 2 aromatic carbocycles. The predicted molar refractivity (Wildman–Crippen MR) is 115 cm³/mol. The number of carbonyl (C=O) groups is 3. The molecular weight excluding hydrogens is 396 g/mol. The number of rotatable bonds is 6. The normalized spacial score (nSPS) is 15.6. The van der Waals surface area contributed by atoms with Gasteiger partial charge in [0.15, 0.2) is 0 Å². The summed E-state index contributed by atoms with van der Waals surface area (Å²) < 4.78 is 5.46. The minimum absolute atomic E-state index is 0.00870. The fraction of sp³-hybridized carbons (Fsp3) is 0.292. The zero-order chi connectivity index (χ0) is 22.0. The largest absolute Gasteiger partial charge is 0.481 e. The smallest absolute Gasteiger partial charge is 0.407 e. The summed E-state index contributed by atoms with van der Waals surface area (Å²) >= 11 is 0. The second-order valence-electron chi connectivity index (χ2n) is 7.84. The first kappa shape index (κ1) is 20.7. The molecule has 4 rings (SSSR count). The minimum Gasteiger partial charge on any atom is -0.481 e. The summed E-state index contributed by atoms with van der Waals surface area (Å²) in [4.78, 5) is 36.7. The molecule has 2 amide bonds. The van der Waals surface area contributed by atoms with Crippen molar-refractivity contribution in [3.8, 4) is 11.1 Å². The van der Waals surface area contributed by atoms with Gasteiger partial charge in [-0.3, -0.25) is 9.59 Å². The highest BCUT2D eigenvalue weighted by Gasteiger charge is 2.35. The zero-order valence-electron chi connectivity index (χ0n) is 17.2. The third-order valence-electron chi connectivity index (χ3n) is 5.85. The topological polar surface area (TPSA) is 95.9 Å². The van der Waals surface area contributed by atoms with Gasteiger partial charge in [-0.15, -0.1) is 0 Å². The Kier molecular flexibility index (Phi) is 5.75. The van der Waals surface area contributed by atoms with Crippen molar-refractivity contribution < 1.29 is 24.2 Å². The van der Waals surface area contributed by atoms with Crippen LogP contribution in [0.25, 0.3) is 11.1 Å². The van der Waals surface area contributed by atoms with E-state index in [0.717, 1.165) is 11.1 Å². The van der Waals surface area contributed by atoms with Gasteiger partial charge in [-0.2, -0.15) is 0 Å². The quantitative estimate of drug-likeness (QED) is 0.701. The van der Waals surface area contributed by atoms with Gasteiger partial charge >= 0.3 is 12.1 Å². The number of hydrogen-bond donors (Lipinski definition) is 2. The molecule has 2 N–H and O–H groups in total. The van der Waals surface area contributed by atoms with Crippen LogP contribution in [0, 0.1) is 5.92 Å². The van der Waals surface area contributed by atoms with Crippen molar-refractivity contribution in [1.82, 2.24) is 10.2 Å². The van der Waals surface area contributed by atoms with Crippen molar-refractivity contribution in [3.63, 3.8) is 0 Å². The van der Waals surface area contributed by atoms with E-state index in [-0.39, 0.29) is 38.1 Å². The molecule has 7 heteroatoms. The third kappa shape index (κ3) is 4.17. The van der Waals surface area contributed by atoms with E-state index < -0.39 is 18.0 Å². The van der Waals surface area contributed by atoms with Gasteiger partial charge in [-0.05, 0) is 29.2 Å². The first-order valence-corrected chi connectivity index (χ1v) is 10.2. The van der Waals surface area contributed by atoms with Gasteiger partial charge in [0.1, 0.15) is 6.61 Å². The highest BCUT2D eigenvalue weighted by atomic mass is 16.5. The second kappa shape index (κ2) is 8.63. The number of nitrogens with one attached hydrogen (secondary N) is 1. The molecule has 0 radical (unpaired) electrons. The Hall–Kier alpha value is -3.61. The lowest BCUT2D eigenvalue weighted by atomic mass is 9.98. The lowest BCUT2D eigenvalue weighted by Crippen LogP contribution is -2.53. The summed E-state index contributed by atoms with van der Waals surface area (Å²) in [7, 11) is 0. The highest BCUT2D eigenvalue weighted by Crippen LogP contribution is 2.44. The molecule has 2 aliphatic rings. The Labute approximate surface area is 180 Å². The number of likely N-dealkylation sites (tertiary alicyclic amines) is 1. The van der Waals surface area contributed by atoms with E-state index in [2.05, 4.69) is 29.6 Å². The summed E-state index contributed by atoms with van der Waals surface area (Å²) in [6.45, 7) is 2.48. The Balaban J connectivity index is 1.28. The number of alkyl carbamates (subject to hydrolysis) is 1. The van der Waals surface area contributed by atoms with E-state index in [1.807, 2.05) is 24.3 Å². The van der Waals surface area contributed by atoms with Crippen molar-refractivity contribution in [2.75, 3.05) is 26.2 Å². The SMILES string of the molecule is C/C(=C\CNC(=O)OCC1c2ccccc2-c2ccccc21)C(=O)N1CC(C(=O)O)C1. The van der Waals surface area contributed by atoms with Gasteiger partial charge < -0.3 is 20.1 Å². The maximum atomic E-state index is 12.2. The van der Waals surface area contributed by atoms with Crippen molar-refractivity contribution >= 4 is 18.0 Å². The van der Waals surface area contributed by atoms with E-state index in [1.165, 1.54) is 16.0 Å². The van der Waals surface area contributed by atoms with Gasteiger partial charge in [0, 0.05) is 31.1 Å². The molecule has 0 bridgehead atoms. The molecule has 0 atom stereocenters. The monoisotopic (exact) mass is 420 g/mol. The minimum atomic E-state index is -0.886. The fourth-order valence-electron chi connectivity index (χ4n) is 4.07. The summed E-state index contributed by atoms with van der Waals surface area (Å²) in [6.07, 6.45) is 1.06. The molecule has 1 aliphatic heterocycles. The predicted octanol–water partition coefficient (Wildman–Crippen LogP) is 3.01. The Morgan fingerprint density at radius 2 is 1.65 bits per heavy atom. The zero-order valence-corrected chi connectivity index (χ0v) is 17.2. The van der Waals surface area contributed by atoms with Gasteiger partial charge in [0.25, 0.3) is 0 Å². The van der Waals surface area contributed by atoms with Crippen LogP contribution in [0.1, 0.15) is 24.0 Å². The van der Waals surface area contributed by atoms with Crippen LogP contribution in [-0.4, -0.2) is 54.2 Å². The molecule has 1 fully saturated rings. The standard InChI is InChI=1S/C24H24N2O5/c1-15(22(27)26-12-16(13-26)23(28)29)10-11-25-24(30)31-14-21-19-8-4-2-6-17(19)18-7-3-5-9-20(18)21/h2-10,16,21H,11-14H2,1H3,(H,25,30)(H,28,29)/b15-10+. The number of fused-ring (bicyclic) bond motifs is 3. The molecule has 0 unspecified atom stereocenters. The van der Waals surface area contributed by atoms with Crippen molar-refractivity contribution in [3.05, 3.63) is 71.3 Å². The van der Waals surface area contributed by atoms with Crippen LogP contribution in [0.15, 0.2) is 60.2 Å². The van der Waals surface area contributed by atoms with Gasteiger partial charge in [0.2, 0.25) is 5.91 Å². The highest BCUT2D eigenvalue weighted by molar-refractivity contribution is 5.94. The van der Waals surface area contributed by atoms with Crippen molar-refractivity contribution in [2.45, 2.75) is 12.8 Å². The number of carboxylic acids is 1. The molecule has 0 aromatic heterocycles.